The van der Waals surface area contributed by atoms with Gasteiger partial charge in [-0.15, -0.1) is 0 Å². The van der Waals surface area contributed by atoms with E-state index >= 15 is 0 Å². The second kappa shape index (κ2) is 7.71. The molecule has 6 heteroatoms. The molecule has 1 aliphatic rings. The summed E-state index contributed by atoms with van der Waals surface area (Å²) in [6.45, 7) is 4.21. The van der Waals surface area contributed by atoms with Crippen LogP contribution in [0.25, 0.3) is 11.3 Å². The Labute approximate surface area is 163 Å². The number of H-pyrrole nitrogens is 1. The highest BCUT2D eigenvalue weighted by Gasteiger charge is 2.22. The quantitative estimate of drug-likeness (QED) is 0.717. The molecule has 0 aliphatic carbocycles. The molecule has 27 heavy (non-hydrogen) atoms. The van der Waals surface area contributed by atoms with Gasteiger partial charge in [0.15, 0.2) is 0 Å². The van der Waals surface area contributed by atoms with E-state index in [1.807, 2.05) is 36.4 Å². The van der Waals surface area contributed by atoms with E-state index in [-0.39, 0.29) is 5.56 Å². The summed E-state index contributed by atoms with van der Waals surface area (Å²) in [6.07, 6.45) is 2.57. The van der Waals surface area contributed by atoms with Crippen molar-refractivity contribution in [2.24, 2.45) is 0 Å². The minimum Gasteiger partial charge on any atom is -0.460 e. The van der Waals surface area contributed by atoms with Crippen LogP contribution in [-0.4, -0.2) is 21.4 Å². The molecule has 1 aliphatic heterocycles. The Hall–Kier alpha value is -2.37. The number of rotatable bonds is 5. The maximum absolute atomic E-state index is 12.4. The molecular weight excluding hydrogens is 362 g/mol. The summed E-state index contributed by atoms with van der Waals surface area (Å²) in [5.74, 6) is 2.47. The van der Waals surface area contributed by atoms with Crippen LogP contribution in [0.1, 0.15) is 36.2 Å². The summed E-state index contributed by atoms with van der Waals surface area (Å²) >= 11 is 6.06. The Bertz CT molecular complexity index is 1010. The Morgan fingerprint density at radius 2 is 2.19 bits per heavy atom. The van der Waals surface area contributed by atoms with Crippen LogP contribution in [0.5, 0.6) is 0 Å². The number of benzene rings is 1. The van der Waals surface area contributed by atoms with Crippen LogP contribution in [0.4, 0.5) is 0 Å². The molecule has 0 saturated heterocycles. The maximum atomic E-state index is 12.4. The molecule has 0 bridgehead atoms. The van der Waals surface area contributed by atoms with Crippen molar-refractivity contribution >= 4 is 11.6 Å². The third kappa shape index (κ3) is 3.99. The number of halogens is 1. The van der Waals surface area contributed by atoms with Crippen LogP contribution in [0.3, 0.4) is 0 Å². The Balaban J connectivity index is 1.48. The van der Waals surface area contributed by atoms with E-state index < -0.39 is 0 Å². The molecule has 0 saturated carbocycles. The lowest BCUT2D eigenvalue weighted by Crippen LogP contribution is -2.35. The zero-order valence-electron chi connectivity index (χ0n) is 15.3. The van der Waals surface area contributed by atoms with Gasteiger partial charge in [-0.05, 0) is 30.7 Å². The van der Waals surface area contributed by atoms with E-state index in [0.29, 0.717) is 18.1 Å². The van der Waals surface area contributed by atoms with Crippen LogP contribution in [0.15, 0.2) is 45.6 Å². The van der Waals surface area contributed by atoms with Gasteiger partial charge >= 0.3 is 0 Å². The van der Waals surface area contributed by atoms with Crippen molar-refractivity contribution in [2.75, 3.05) is 6.54 Å². The molecule has 0 fully saturated rings. The van der Waals surface area contributed by atoms with E-state index in [1.54, 1.807) is 0 Å². The summed E-state index contributed by atoms with van der Waals surface area (Å²) in [6, 6.07) is 11.6. The highest BCUT2D eigenvalue weighted by atomic mass is 35.5. The van der Waals surface area contributed by atoms with E-state index in [4.69, 9.17) is 16.0 Å². The predicted molar refractivity (Wildman–Crippen MR) is 106 cm³/mol. The van der Waals surface area contributed by atoms with Crippen molar-refractivity contribution < 1.29 is 4.42 Å². The number of aromatic nitrogens is 2. The molecule has 3 heterocycles. The summed E-state index contributed by atoms with van der Waals surface area (Å²) in [7, 11) is 0. The lowest BCUT2D eigenvalue weighted by Gasteiger charge is -2.26. The van der Waals surface area contributed by atoms with E-state index in [0.717, 1.165) is 60.0 Å². The average molecular weight is 384 g/mol. The Morgan fingerprint density at radius 3 is 3.00 bits per heavy atom. The van der Waals surface area contributed by atoms with Gasteiger partial charge in [-0.25, -0.2) is 4.98 Å². The van der Waals surface area contributed by atoms with Crippen LogP contribution >= 0.6 is 11.6 Å². The van der Waals surface area contributed by atoms with E-state index in [9.17, 15) is 4.79 Å². The van der Waals surface area contributed by atoms with Gasteiger partial charge in [-0.1, -0.05) is 30.7 Å². The fraction of sp³-hybridized carbons (Fsp3) is 0.333. The molecule has 140 valence electrons. The van der Waals surface area contributed by atoms with Crippen LogP contribution in [0.2, 0.25) is 5.02 Å². The van der Waals surface area contributed by atoms with Crippen molar-refractivity contribution in [2.45, 2.75) is 39.3 Å². The summed E-state index contributed by atoms with van der Waals surface area (Å²) in [4.78, 5) is 22.2. The molecule has 4 rings (SSSR count). The fourth-order valence-electron chi connectivity index (χ4n) is 3.50. The monoisotopic (exact) mass is 383 g/mol. The van der Waals surface area contributed by atoms with E-state index in [1.165, 1.54) is 0 Å². The average Bonchev–Trinajstić information content (AvgIpc) is 3.11. The SMILES string of the molecule is CCCc1nc2c(c(=O)[nH]1)CN(Cc1ccc(-c3cccc(Cl)c3)o1)CC2. The molecule has 1 N–H and O–H groups in total. The lowest BCUT2D eigenvalue weighted by molar-refractivity contribution is 0.223. The molecular formula is C21H22ClN3O2. The third-order valence-corrected chi connectivity index (χ3v) is 5.07. The largest absolute Gasteiger partial charge is 0.460 e. The summed E-state index contributed by atoms with van der Waals surface area (Å²) in [5, 5.41) is 0.687. The van der Waals surface area contributed by atoms with Crippen LogP contribution < -0.4 is 5.56 Å². The zero-order valence-corrected chi connectivity index (χ0v) is 16.1. The van der Waals surface area contributed by atoms with Gasteiger partial charge in [-0.2, -0.15) is 0 Å². The summed E-state index contributed by atoms with van der Waals surface area (Å²) < 4.78 is 5.99. The van der Waals surface area contributed by atoms with Gasteiger partial charge in [0.25, 0.3) is 5.56 Å². The predicted octanol–water partition coefficient (Wildman–Crippen LogP) is 4.19. The minimum atomic E-state index is -0.00721. The van der Waals surface area contributed by atoms with Gasteiger partial charge in [0.05, 0.1) is 17.8 Å². The molecule has 0 radical (unpaired) electrons. The first kappa shape index (κ1) is 18.0. The number of aryl methyl sites for hydroxylation is 1. The molecule has 0 atom stereocenters. The lowest BCUT2D eigenvalue weighted by atomic mass is 10.1. The van der Waals surface area contributed by atoms with Crippen molar-refractivity contribution in [1.29, 1.82) is 0 Å². The van der Waals surface area contributed by atoms with Crippen molar-refractivity contribution in [3.8, 4) is 11.3 Å². The molecule has 1 aromatic carbocycles. The summed E-state index contributed by atoms with van der Waals surface area (Å²) in [5.41, 5.74) is 2.68. The molecule has 2 aromatic heterocycles. The van der Waals surface area contributed by atoms with Gasteiger partial charge in [0.1, 0.15) is 17.3 Å². The Morgan fingerprint density at radius 1 is 1.30 bits per heavy atom. The van der Waals surface area contributed by atoms with Crippen molar-refractivity contribution in [1.82, 2.24) is 14.9 Å². The number of hydrogen-bond acceptors (Lipinski definition) is 4. The van der Waals surface area contributed by atoms with Crippen LogP contribution in [-0.2, 0) is 25.9 Å². The first-order valence-electron chi connectivity index (χ1n) is 9.30. The normalized spacial score (nSPS) is 14.3. The van der Waals surface area contributed by atoms with E-state index in [2.05, 4.69) is 21.8 Å². The first-order chi connectivity index (χ1) is 13.1. The highest BCUT2D eigenvalue weighted by molar-refractivity contribution is 6.30. The topological polar surface area (TPSA) is 62.1 Å². The number of nitrogens with one attached hydrogen (secondary N) is 1. The van der Waals surface area contributed by atoms with Crippen molar-refractivity contribution in [3.63, 3.8) is 0 Å². The van der Waals surface area contributed by atoms with Gasteiger partial charge < -0.3 is 9.40 Å². The maximum Gasteiger partial charge on any atom is 0.255 e. The van der Waals surface area contributed by atoms with Crippen molar-refractivity contribution in [3.05, 3.63) is 74.6 Å². The minimum absolute atomic E-state index is 0.00721. The van der Waals surface area contributed by atoms with Gasteiger partial charge in [0, 0.05) is 36.5 Å². The number of nitrogens with zero attached hydrogens (tertiary/aromatic N) is 2. The van der Waals surface area contributed by atoms with Gasteiger partial charge in [0.2, 0.25) is 0 Å². The first-order valence-corrected chi connectivity index (χ1v) is 9.68. The second-order valence-electron chi connectivity index (χ2n) is 6.92. The molecule has 0 spiro atoms. The number of fused-ring (bicyclic) bond motifs is 1. The standard InChI is InChI=1S/C21H22ClN3O2/c1-2-4-20-23-18-9-10-25(13-17(18)21(26)24-20)12-16-7-8-19(27-16)14-5-3-6-15(22)11-14/h3,5-8,11H,2,4,9-10,12-13H2,1H3,(H,23,24,26). The Kier molecular flexibility index (Phi) is 5.14. The van der Waals surface area contributed by atoms with Gasteiger partial charge in [-0.3, -0.25) is 9.69 Å². The molecule has 0 unspecified atom stereocenters. The highest BCUT2D eigenvalue weighted by Crippen LogP contribution is 2.26. The molecule has 5 nitrogen and oxygen atoms in total. The smallest absolute Gasteiger partial charge is 0.255 e. The fourth-order valence-corrected chi connectivity index (χ4v) is 3.69. The molecule has 0 amide bonds. The van der Waals surface area contributed by atoms with Crippen LogP contribution in [0, 0.1) is 0 Å². The number of aromatic amines is 1. The number of hydrogen-bond donors (Lipinski definition) is 1. The second-order valence-corrected chi connectivity index (χ2v) is 7.36. The number of furan rings is 1. The third-order valence-electron chi connectivity index (χ3n) is 4.83. The zero-order chi connectivity index (χ0) is 18.8. The molecule has 3 aromatic rings.